The molecule has 0 saturated carbocycles. The van der Waals surface area contributed by atoms with Gasteiger partial charge in [-0.25, -0.2) is 4.98 Å². The van der Waals surface area contributed by atoms with E-state index in [4.69, 9.17) is 14.2 Å². The summed E-state index contributed by atoms with van der Waals surface area (Å²) in [5.41, 5.74) is 4.20. The van der Waals surface area contributed by atoms with E-state index in [-0.39, 0.29) is 12.3 Å². The monoisotopic (exact) mass is 575 g/mol. The van der Waals surface area contributed by atoms with Crippen LogP contribution in [0.15, 0.2) is 97.7 Å². The summed E-state index contributed by atoms with van der Waals surface area (Å²) >= 11 is 0. The van der Waals surface area contributed by atoms with Crippen LogP contribution in [0.1, 0.15) is 5.56 Å². The minimum atomic E-state index is -0.193. The molecule has 0 aliphatic carbocycles. The second-order valence-electron chi connectivity index (χ2n) is 9.60. The lowest BCUT2D eigenvalue weighted by Gasteiger charge is -2.14. The van der Waals surface area contributed by atoms with Crippen LogP contribution in [0, 0.1) is 0 Å². The number of benzene rings is 3. The normalized spacial score (nSPS) is 10.9. The first kappa shape index (κ1) is 27.3. The number of anilines is 3. The molecule has 0 atom stereocenters. The standard InChI is InChI=1S/C32H29N7O4/c1-41-27-17-23(18-28(42-2)32(27)43-3)35-31(40)16-21-19-39(26-7-5-4-6-25(21)26)30-13-12-29(36-37-30)34-22-8-10-24(11-9-22)38-15-14-33-20-38/h4-15,17-20H,16H2,1-3H3,(H,34,36)(H,35,40). The first-order valence-corrected chi connectivity index (χ1v) is 13.4. The van der Waals surface area contributed by atoms with E-state index in [9.17, 15) is 4.79 Å². The highest BCUT2D eigenvalue weighted by molar-refractivity contribution is 5.96. The Labute approximate surface area is 247 Å². The molecule has 43 heavy (non-hydrogen) atoms. The number of nitrogens with zero attached hydrogens (tertiary/aromatic N) is 5. The molecule has 6 aromatic rings. The van der Waals surface area contributed by atoms with Gasteiger partial charge in [0.2, 0.25) is 11.7 Å². The number of carbonyl (C=O) groups is 1. The highest BCUT2D eigenvalue weighted by atomic mass is 16.5. The number of fused-ring (bicyclic) bond motifs is 1. The van der Waals surface area contributed by atoms with Crippen molar-refractivity contribution in [2.24, 2.45) is 0 Å². The Hall–Kier alpha value is -5.84. The molecule has 3 aromatic carbocycles. The lowest BCUT2D eigenvalue weighted by atomic mass is 10.1. The number of amides is 1. The molecule has 3 heterocycles. The van der Waals surface area contributed by atoms with Gasteiger partial charge in [0.05, 0.1) is 39.6 Å². The van der Waals surface area contributed by atoms with Crippen molar-refractivity contribution >= 4 is 34.0 Å². The number of imidazole rings is 1. The molecule has 3 aromatic heterocycles. The van der Waals surface area contributed by atoms with Gasteiger partial charge in [-0.3, -0.25) is 9.36 Å². The van der Waals surface area contributed by atoms with Gasteiger partial charge in [0.25, 0.3) is 0 Å². The van der Waals surface area contributed by atoms with E-state index >= 15 is 0 Å². The highest BCUT2D eigenvalue weighted by Crippen LogP contribution is 2.40. The number of aromatic nitrogens is 5. The Kier molecular flexibility index (Phi) is 7.60. The van der Waals surface area contributed by atoms with Crippen LogP contribution in [0.4, 0.5) is 17.2 Å². The van der Waals surface area contributed by atoms with Gasteiger partial charge in [-0.05, 0) is 48.0 Å². The van der Waals surface area contributed by atoms with Crippen molar-refractivity contribution in [1.29, 1.82) is 0 Å². The molecule has 216 valence electrons. The van der Waals surface area contributed by atoms with Crippen LogP contribution in [-0.2, 0) is 11.2 Å². The van der Waals surface area contributed by atoms with Crippen molar-refractivity contribution in [2.45, 2.75) is 6.42 Å². The van der Waals surface area contributed by atoms with Gasteiger partial charge >= 0.3 is 0 Å². The molecule has 6 rings (SSSR count). The molecule has 11 nitrogen and oxygen atoms in total. The largest absolute Gasteiger partial charge is 0.493 e. The number of para-hydroxylation sites is 1. The van der Waals surface area contributed by atoms with Crippen molar-refractivity contribution in [1.82, 2.24) is 24.3 Å². The average molecular weight is 576 g/mol. The van der Waals surface area contributed by atoms with Crippen molar-refractivity contribution in [3.05, 3.63) is 103 Å². The molecule has 0 aliphatic rings. The molecule has 1 amide bonds. The van der Waals surface area contributed by atoms with Crippen LogP contribution < -0.4 is 24.8 Å². The highest BCUT2D eigenvalue weighted by Gasteiger charge is 2.17. The van der Waals surface area contributed by atoms with E-state index in [1.165, 1.54) is 21.3 Å². The Bertz CT molecular complexity index is 1840. The quantitative estimate of drug-likeness (QED) is 0.218. The van der Waals surface area contributed by atoms with Crippen molar-refractivity contribution in [2.75, 3.05) is 32.0 Å². The van der Waals surface area contributed by atoms with Gasteiger partial charge in [-0.1, -0.05) is 18.2 Å². The zero-order valence-corrected chi connectivity index (χ0v) is 23.8. The summed E-state index contributed by atoms with van der Waals surface area (Å²) in [6, 6.07) is 23.0. The zero-order valence-electron chi connectivity index (χ0n) is 23.8. The third kappa shape index (κ3) is 5.68. The number of rotatable bonds is 10. The fraction of sp³-hybridized carbons (Fsp3) is 0.125. The van der Waals surface area contributed by atoms with Crippen LogP contribution in [-0.4, -0.2) is 51.6 Å². The maximum Gasteiger partial charge on any atom is 0.228 e. The Balaban J connectivity index is 1.20. The Morgan fingerprint density at radius 3 is 2.28 bits per heavy atom. The van der Waals surface area contributed by atoms with Crippen LogP contribution in [0.5, 0.6) is 17.2 Å². The summed E-state index contributed by atoms with van der Waals surface area (Å²) < 4.78 is 20.1. The molecule has 0 aliphatic heterocycles. The minimum Gasteiger partial charge on any atom is -0.493 e. The molecule has 0 saturated heterocycles. The van der Waals surface area contributed by atoms with Crippen LogP contribution in [0.25, 0.3) is 22.4 Å². The molecule has 0 spiro atoms. The molecule has 0 radical (unpaired) electrons. The van der Waals surface area contributed by atoms with Gasteiger partial charge in [-0.2, -0.15) is 0 Å². The van der Waals surface area contributed by atoms with Gasteiger partial charge in [0.15, 0.2) is 23.1 Å². The number of carbonyl (C=O) groups excluding carboxylic acids is 1. The first-order valence-electron chi connectivity index (χ1n) is 13.4. The summed E-state index contributed by atoms with van der Waals surface area (Å²) in [5.74, 6) is 2.42. The maximum absolute atomic E-state index is 13.2. The van der Waals surface area contributed by atoms with E-state index in [0.29, 0.717) is 34.6 Å². The smallest absolute Gasteiger partial charge is 0.228 e. The predicted octanol–water partition coefficient (Wildman–Crippen LogP) is 5.56. The molecular formula is C32H29N7O4. The maximum atomic E-state index is 13.2. The van der Waals surface area contributed by atoms with E-state index in [0.717, 1.165) is 27.8 Å². The average Bonchev–Trinajstić information content (AvgIpc) is 3.70. The van der Waals surface area contributed by atoms with Crippen LogP contribution in [0.2, 0.25) is 0 Å². The van der Waals surface area contributed by atoms with Crippen molar-refractivity contribution < 1.29 is 19.0 Å². The molecule has 2 N–H and O–H groups in total. The molecule has 0 unspecified atom stereocenters. The zero-order chi connectivity index (χ0) is 29.8. The van der Waals surface area contributed by atoms with Crippen LogP contribution in [0.3, 0.4) is 0 Å². The first-order chi connectivity index (χ1) is 21.1. The summed E-state index contributed by atoms with van der Waals surface area (Å²) in [5, 5.41) is 16.0. The summed E-state index contributed by atoms with van der Waals surface area (Å²) in [6.45, 7) is 0. The Morgan fingerprint density at radius 1 is 0.860 bits per heavy atom. The summed E-state index contributed by atoms with van der Waals surface area (Å²) in [6.07, 6.45) is 7.46. The Morgan fingerprint density at radius 2 is 1.63 bits per heavy atom. The topological polar surface area (TPSA) is 117 Å². The van der Waals surface area contributed by atoms with Gasteiger partial charge in [0.1, 0.15) is 0 Å². The number of hydrogen-bond donors (Lipinski definition) is 2. The predicted molar refractivity (Wildman–Crippen MR) is 164 cm³/mol. The molecule has 0 bridgehead atoms. The number of methoxy groups -OCH3 is 3. The molecule has 0 fully saturated rings. The summed E-state index contributed by atoms with van der Waals surface area (Å²) in [4.78, 5) is 17.2. The fourth-order valence-corrected chi connectivity index (χ4v) is 4.91. The third-order valence-electron chi connectivity index (χ3n) is 6.93. The lowest BCUT2D eigenvalue weighted by molar-refractivity contribution is -0.115. The SMILES string of the molecule is COc1cc(NC(=O)Cc2cn(-c3ccc(Nc4ccc(-n5ccnc5)cc4)nn3)c3ccccc23)cc(OC)c1OC. The van der Waals surface area contributed by atoms with E-state index < -0.39 is 0 Å². The molecular weight excluding hydrogens is 546 g/mol. The van der Waals surface area contributed by atoms with Crippen molar-refractivity contribution in [3.63, 3.8) is 0 Å². The van der Waals surface area contributed by atoms with E-state index in [1.807, 2.05) is 82.2 Å². The molecule has 11 heteroatoms. The fourth-order valence-electron chi connectivity index (χ4n) is 4.91. The van der Waals surface area contributed by atoms with Gasteiger partial charge in [0, 0.05) is 53.2 Å². The third-order valence-corrected chi connectivity index (χ3v) is 6.93. The summed E-state index contributed by atoms with van der Waals surface area (Å²) in [7, 11) is 4.60. The van der Waals surface area contributed by atoms with E-state index in [1.54, 1.807) is 24.7 Å². The lowest BCUT2D eigenvalue weighted by Crippen LogP contribution is -2.14. The van der Waals surface area contributed by atoms with Gasteiger partial charge < -0.3 is 29.4 Å². The van der Waals surface area contributed by atoms with Crippen molar-refractivity contribution in [3.8, 4) is 28.8 Å². The second-order valence-corrected chi connectivity index (χ2v) is 9.60. The second kappa shape index (κ2) is 12.0. The number of ether oxygens (including phenoxy) is 3. The number of hydrogen-bond acceptors (Lipinski definition) is 8. The minimum absolute atomic E-state index is 0.145. The van der Waals surface area contributed by atoms with E-state index in [2.05, 4.69) is 25.8 Å². The van der Waals surface area contributed by atoms with Crippen LogP contribution >= 0.6 is 0 Å². The van der Waals surface area contributed by atoms with Gasteiger partial charge in [-0.15, -0.1) is 10.2 Å². The number of nitrogens with one attached hydrogen (secondary N) is 2.